The van der Waals surface area contributed by atoms with Crippen LogP contribution in [0.3, 0.4) is 0 Å². The van der Waals surface area contributed by atoms with E-state index in [1.807, 2.05) is 25.1 Å². The number of hydrogen-bond acceptors (Lipinski definition) is 3. The lowest BCUT2D eigenvalue weighted by atomic mass is 9.85. The normalized spacial score (nSPS) is 29.2. The molecule has 1 aromatic carbocycles. The first-order valence-corrected chi connectivity index (χ1v) is 9.27. The third-order valence-corrected chi connectivity index (χ3v) is 6.47. The average Bonchev–Trinajstić information content (AvgIpc) is 3.37. The van der Waals surface area contributed by atoms with Gasteiger partial charge in [0.1, 0.15) is 5.75 Å². The average molecular weight is 350 g/mol. The Labute approximate surface area is 152 Å². The molecule has 0 spiro atoms. The Morgan fingerprint density at radius 2 is 1.85 bits per heavy atom. The van der Waals surface area contributed by atoms with Gasteiger partial charge in [0.05, 0.1) is 18.9 Å². The molecule has 4 atom stereocenters. The van der Waals surface area contributed by atoms with Gasteiger partial charge in [0, 0.05) is 23.1 Å². The van der Waals surface area contributed by atoms with E-state index in [1.54, 1.807) is 7.11 Å². The topological polar surface area (TPSA) is 62.4 Å². The van der Waals surface area contributed by atoms with E-state index >= 15 is 0 Å². The van der Waals surface area contributed by atoms with Crippen LogP contribution in [-0.4, -0.2) is 35.4 Å². The van der Waals surface area contributed by atoms with Gasteiger partial charge in [-0.05, 0) is 55.4 Å². The van der Waals surface area contributed by atoms with Crippen molar-refractivity contribution in [3.63, 3.8) is 0 Å². The number of hydrogen-bond donors (Lipinski definition) is 1. The molecule has 2 fully saturated rings. The van der Waals surface area contributed by atoms with Crippen molar-refractivity contribution in [2.75, 3.05) is 13.7 Å². The fourth-order valence-electron chi connectivity index (χ4n) is 5.22. The van der Waals surface area contributed by atoms with Gasteiger partial charge in [-0.2, -0.15) is 0 Å². The number of aromatic nitrogens is 1. The SMILES string of the molecule is COc1ccc2[nH]c(C)c(CCN3C(=O)[C@@H]4[C@H](C3=O)[C@H]3C=C[C@H]4C3)c2c1. The highest BCUT2D eigenvalue weighted by Gasteiger charge is 2.58. The molecule has 3 aliphatic rings. The molecule has 0 unspecified atom stereocenters. The highest BCUT2D eigenvalue weighted by molar-refractivity contribution is 6.06. The number of likely N-dealkylation sites (tertiary alicyclic amines) is 1. The number of nitrogens with zero attached hydrogens (tertiary/aromatic N) is 1. The third-order valence-electron chi connectivity index (χ3n) is 6.47. The first kappa shape index (κ1) is 15.7. The number of imide groups is 1. The Bertz CT molecular complexity index is 928. The van der Waals surface area contributed by atoms with Gasteiger partial charge >= 0.3 is 0 Å². The van der Waals surface area contributed by atoms with Gasteiger partial charge in [0.2, 0.25) is 11.8 Å². The van der Waals surface area contributed by atoms with Crippen molar-refractivity contribution in [2.24, 2.45) is 23.7 Å². The predicted molar refractivity (Wildman–Crippen MR) is 97.7 cm³/mol. The molecule has 2 aliphatic carbocycles. The van der Waals surface area contributed by atoms with Crippen LogP contribution in [0.25, 0.3) is 10.9 Å². The van der Waals surface area contributed by atoms with E-state index in [0.29, 0.717) is 13.0 Å². The molecule has 5 rings (SSSR count). The van der Waals surface area contributed by atoms with Gasteiger partial charge in [0.25, 0.3) is 0 Å². The maximum absolute atomic E-state index is 12.8. The van der Waals surface area contributed by atoms with Crippen LogP contribution in [0.4, 0.5) is 0 Å². The summed E-state index contributed by atoms with van der Waals surface area (Å²) in [5, 5.41) is 1.10. The van der Waals surface area contributed by atoms with Crippen LogP contribution in [0.2, 0.25) is 0 Å². The zero-order valence-electron chi connectivity index (χ0n) is 15.0. The molecule has 0 radical (unpaired) electrons. The third kappa shape index (κ3) is 2.03. The Morgan fingerprint density at radius 3 is 2.50 bits per heavy atom. The lowest BCUT2D eigenvalue weighted by molar-refractivity contribution is -0.140. The van der Waals surface area contributed by atoms with Crippen LogP contribution in [0.5, 0.6) is 5.75 Å². The lowest BCUT2D eigenvalue weighted by Gasteiger charge is -2.17. The maximum atomic E-state index is 12.8. The molecule has 1 aromatic heterocycles. The molecule has 134 valence electrons. The van der Waals surface area contributed by atoms with Crippen LogP contribution in [-0.2, 0) is 16.0 Å². The molecular formula is C21H22N2O3. The maximum Gasteiger partial charge on any atom is 0.233 e. The molecule has 5 heteroatoms. The zero-order chi connectivity index (χ0) is 18.0. The van der Waals surface area contributed by atoms with Gasteiger partial charge in [-0.3, -0.25) is 14.5 Å². The molecule has 5 nitrogen and oxygen atoms in total. The first-order valence-electron chi connectivity index (χ1n) is 9.27. The Hall–Kier alpha value is -2.56. The largest absolute Gasteiger partial charge is 0.497 e. The van der Waals surface area contributed by atoms with Gasteiger partial charge < -0.3 is 9.72 Å². The molecule has 2 bridgehead atoms. The molecule has 2 amide bonds. The van der Waals surface area contributed by atoms with Gasteiger partial charge in [-0.15, -0.1) is 0 Å². The number of H-pyrrole nitrogens is 1. The van der Waals surface area contributed by atoms with Crippen LogP contribution in [0.15, 0.2) is 30.4 Å². The van der Waals surface area contributed by atoms with E-state index in [0.717, 1.165) is 34.3 Å². The van der Waals surface area contributed by atoms with Crippen LogP contribution in [0, 0.1) is 30.6 Å². The van der Waals surface area contributed by atoms with E-state index in [9.17, 15) is 9.59 Å². The molecule has 1 saturated heterocycles. The number of allylic oxidation sites excluding steroid dienone is 2. The number of ether oxygens (including phenoxy) is 1. The zero-order valence-corrected chi connectivity index (χ0v) is 15.0. The molecular weight excluding hydrogens is 328 g/mol. The number of aryl methyl sites for hydroxylation is 1. The molecule has 1 N–H and O–H groups in total. The quantitative estimate of drug-likeness (QED) is 0.681. The van der Waals surface area contributed by atoms with Crippen molar-refractivity contribution < 1.29 is 14.3 Å². The number of benzene rings is 1. The van der Waals surface area contributed by atoms with Gasteiger partial charge in [0.15, 0.2) is 0 Å². The molecule has 1 aliphatic heterocycles. The second-order valence-corrected chi connectivity index (χ2v) is 7.72. The minimum absolute atomic E-state index is 0.0342. The van der Waals surface area contributed by atoms with Crippen molar-refractivity contribution in [1.29, 1.82) is 0 Å². The van der Waals surface area contributed by atoms with Crippen LogP contribution in [0.1, 0.15) is 17.7 Å². The summed E-state index contributed by atoms with van der Waals surface area (Å²) in [6.45, 7) is 2.49. The lowest BCUT2D eigenvalue weighted by Crippen LogP contribution is -2.34. The highest BCUT2D eigenvalue weighted by Crippen LogP contribution is 2.52. The molecule has 26 heavy (non-hydrogen) atoms. The van der Waals surface area contributed by atoms with Crippen molar-refractivity contribution in [2.45, 2.75) is 19.8 Å². The van der Waals surface area contributed by atoms with Gasteiger partial charge in [-0.25, -0.2) is 0 Å². The monoisotopic (exact) mass is 350 g/mol. The highest BCUT2D eigenvalue weighted by atomic mass is 16.5. The standard InChI is InChI=1S/C21H22N2O3/c1-11-15(16-10-14(26-2)5-6-17(16)22-11)7-8-23-20(24)18-12-3-4-13(9-12)19(18)21(23)25/h3-6,10,12-13,18-19,22H,7-9H2,1-2H3/t12-,13-,18-,19+/m0/s1. The second-order valence-electron chi connectivity index (χ2n) is 7.72. The van der Waals surface area contributed by atoms with E-state index < -0.39 is 0 Å². The summed E-state index contributed by atoms with van der Waals surface area (Å²) in [4.78, 5) is 30.6. The summed E-state index contributed by atoms with van der Waals surface area (Å²) in [7, 11) is 1.66. The molecule has 2 aromatic rings. The summed E-state index contributed by atoms with van der Waals surface area (Å²) in [6.07, 6.45) is 5.91. The Kier molecular flexibility index (Phi) is 3.30. The van der Waals surface area contributed by atoms with Gasteiger partial charge in [-0.1, -0.05) is 12.2 Å². The number of aromatic amines is 1. The van der Waals surface area contributed by atoms with Crippen LogP contribution < -0.4 is 4.74 Å². The van der Waals surface area contributed by atoms with Crippen molar-refractivity contribution in [3.8, 4) is 5.75 Å². The minimum atomic E-state index is -0.110. The Balaban J connectivity index is 1.40. The predicted octanol–water partition coefficient (Wildman–Crippen LogP) is 2.83. The summed E-state index contributed by atoms with van der Waals surface area (Å²) < 4.78 is 5.34. The fraction of sp³-hybridized carbons (Fsp3) is 0.429. The number of methoxy groups -OCH3 is 1. The molecule has 1 saturated carbocycles. The first-order chi connectivity index (χ1) is 12.6. The van der Waals surface area contributed by atoms with Crippen molar-refractivity contribution in [3.05, 3.63) is 41.6 Å². The Morgan fingerprint density at radius 1 is 1.15 bits per heavy atom. The van der Waals surface area contributed by atoms with E-state index in [-0.39, 0.29) is 35.5 Å². The number of carbonyl (C=O) groups is 2. The van der Waals surface area contributed by atoms with Crippen molar-refractivity contribution >= 4 is 22.7 Å². The second kappa shape index (κ2) is 5.47. The van der Waals surface area contributed by atoms with Crippen molar-refractivity contribution in [1.82, 2.24) is 9.88 Å². The number of carbonyl (C=O) groups excluding carboxylic acids is 2. The summed E-state index contributed by atoms with van der Waals surface area (Å²) >= 11 is 0. The van der Waals surface area contributed by atoms with E-state index in [2.05, 4.69) is 17.1 Å². The van der Waals surface area contributed by atoms with E-state index in [1.165, 1.54) is 4.90 Å². The fourth-order valence-corrected chi connectivity index (χ4v) is 5.22. The number of rotatable bonds is 4. The van der Waals surface area contributed by atoms with E-state index in [4.69, 9.17) is 4.74 Å². The summed E-state index contributed by atoms with van der Waals surface area (Å²) in [5.41, 5.74) is 3.28. The van der Waals surface area contributed by atoms with Crippen LogP contribution >= 0.6 is 0 Å². The number of amides is 2. The smallest absolute Gasteiger partial charge is 0.233 e. The number of fused-ring (bicyclic) bond motifs is 6. The number of nitrogens with one attached hydrogen (secondary N) is 1. The molecule has 2 heterocycles. The summed E-state index contributed by atoms with van der Waals surface area (Å²) in [6, 6.07) is 5.95. The summed E-state index contributed by atoms with van der Waals surface area (Å²) in [5.74, 6) is 1.20. The minimum Gasteiger partial charge on any atom is -0.497 e.